The maximum absolute atomic E-state index is 12.1. The number of methoxy groups -OCH3 is 1. The third kappa shape index (κ3) is 5.63. The number of ether oxygens (including phenoxy) is 1. The van der Waals surface area contributed by atoms with Crippen LogP contribution in [-0.2, 0) is 0 Å². The lowest BCUT2D eigenvalue weighted by atomic mass is 10.2. The lowest BCUT2D eigenvalue weighted by Crippen LogP contribution is -2.46. The number of carbonyl (C=O) groups excluding carboxylic acids is 1. The van der Waals surface area contributed by atoms with E-state index in [-0.39, 0.29) is 5.91 Å². The van der Waals surface area contributed by atoms with Gasteiger partial charge in [-0.25, -0.2) is 0 Å². The van der Waals surface area contributed by atoms with E-state index in [2.05, 4.69) is 27.2 Å². The molecule has 1 saturated heterocycles. The van der Waals surface area contributed by atoms with E-state index in [9.17, 15) is 4.79 Å². The summed E-state index contributed by atoms with van der Waals surface area (Å²) in [6, 6.07) is 15.2. The molecule has 0 aliphatic carbocycles. The quantitative estimate of drug-likeness (QED) is 0.685. The summed E-state index contributed by atoms with van der Waals surface area (Å²) in [5.41, 5.74) is 1.83. The van der Waals surface area contributed by atoms with Gasteiger partial charge in [-0.3, -0.25) is 9.69 Å². The summed E-state index contributed by atoms with van der Waals surface area (Å²) < 4.78 is 5.48. The van der Waals surface area contributed by atoms with Gasteiger partial charge in [0.1, 0.15) is 5.75 Å². The van der Waals surface area contributed by atoms with Gasteiger partial charge in [0.15, 0.2) is 0 Å². The van der Waals surface area contributed by atoms with Crippen LogP contribution in [0.3, 0.4) is 0 Å². The second kappa shape index (κ2) is 10.3. The Hall–Kier alpha value is -2.24. The number of nitrogens with one attached hydrogen (secondary N) is 1. The predicted molar refractivity (Wildman–Crippen MR) is 115 cm³/mol. The molecule has 0 bridgehead atoms. The number of benzene rings is 2. The maximum Gasteiger partial charge on any atom is 0.251 e. The van der Waals surface area contributed by atoms with Crippen molar-refractivity contribution in [1.82, 2.24) is 10.2 Å². The number of carbonyl (C=O) groups is 1. The second-order valence-corrected chi connectivity index (χ2v) is 7.41. The zero-order valence-corrected chi connectivity index (χ0v) is 17.1. The van der Waals surface area contributed by atoms with E-state index in [0.29, 0.717) is 17.1 Å². The minimum atomic E-state index is -0.0397. The van der Waals surface area contributed by atoms with E-state index in [1.807, 2.05) is 12.1 Å². The molecule has 2 aromatic rings. The molecule has 0 spiro atoms. The van der Waals surface area contributed by atoms with Crippen LogP contribution in [0.5, 0.6) is 5.75 Å². The lowest BCUT2D eigenvalue weighted by Gasteiger charge is -2.36. The van der Waals surface area contributed by atoms with E-state index in [1.54, 1.807) is 31.4 Å². The van der Waals surface area contributed by atoms with Crippen molar-refractivity contribution in [1.29, 1.82) is 0 Å². The first-order valence-electron chi connectivity index (χ1n) is 9.81. The summed E-state index contributed by atoms with van der Waals surface area (Å²) in [7, 11) is 1.72. The highest BCUT2D eigenvalue weighted by atomic mass is 35.5. The Morgan fingerprint density at radius 3 is 2.46 bits per heavy atom. The monoisotopic (exact) mass is 401 g/mol. The highest BCUT2D eigenvalue weighted by Crippen LogP contribution is 2.28. The van der Waals surface area contributed by atoms with Crippen LogP contribution in [0.15, 0.2) is 48.5 Å². The van der Waals surface area contributed by atoms with Gasteiger partial charge in [-0.2, -0.15) is 0 Å². The number of piperazine rings is 1. The van der Waals surface area contributed by atoms with Crippen LogP contribution in [-0.4, -0.2) is 57.2 Å². The summed E-state index contributed by atoms with van der Waals surface area (Å²) in [6.07, 6.45) is 2.06. The van der Waals surface area contributed by atoms with Gasteiger partial charge in [-0.15, -0.1) is 0 Å². The number of para-hydroxylation sites is 2. The average molecular weight is 402 g/mol. The van der Waals surface area contributed by atoms with Crippen LogP contribution in [0.1, 0.15) is 23.2 Å². The zero-order valence-electron chi connectivity index (χ0n) is 16.4. The van der Waals surface area contributed by atoms with E-state index >= 15 is 0 Å². The van der Waals surface area contributed by atoms with Crippen molar-refractivity contribution in [3.8, 4) is 5.75 Å². The third-order valence-electron chi connectivity index (χ3n) is 5.09. The van der Waals surface area contributed by atoms with Crippen molar-refractivity contribution >= 4 is 23.2 Å². The predicted octanol–water partition coefficient (Wildman–Crippen LogP) is 3.68. The number of nitrogens with zero attached hydrogens (tertiary/aromatic N) is 2. The van der Waals surface area contributed by atoms with Crippen molar-refractivity contribution in [2.24, 2.45) is 0 Å². The molecule has 0 unspecified atom stereocenters. The van der Waals surface area contributed by atoms with E-state index in [0.717, 1.165) is 51.3 Å². The Bertz CT molecular complexity index is 759. The van der Waals surface area contributed by atoms with Gasteiger partial charge in [0.05, 0.1) is 12.8 Å². The van der Waals surface area contributed by atoms with Gasteiger partial charge in [0.25, 0.3) is 5.91 Å². The number of halogens is 1. The second-order valence-electron chi connectivity index (χ2n) is 6.97. The lowest BCUT2D eigenvalue weighted by molar-refractivity contribution is 0.0952. The fraction of sp³-hybridized carbons (Fsp3) is 0.409. The Morgan fingerprint density at radius 1 is 1.04 bits per heavy atom. The van der Waals surface area contributed by atoms with Crippen molar-refractivity contribution in [3.05, 3.63) is 59.1 Å². The number of hydrogen-bond acceptors (Lipinski definition) is 4. The minimum absolute atomic E-state index is 0.0397. The van der Waals surface area contributed by atoms with Crippen molar-refractivity contribution < 1.29 is 9.53 Å². The standard InChI is InChI=1S/C22H28ClN3O2/c1-28-21-7-3-2-6-20(21)26-16-14-25(15-17-26)13-5-4-12-24-22(27)18-8-10-19(23)11-9-18/h2-3,6-11H,4-5,12-17H2,1H3,(H,24,27). The van der Waals surface area contributed by atoms with Gasteiger partial charge in [0, 0.05) is 43.3 Å². The van der Waals surface area contributed by atoms with Crippen molar-refractivity contribution in [2.75, 3.05) is 51.3 Å². The molecule has 5 nitrogen and oxygen atoms in total. The summed E-state index contributed by atoms with van der Waals surface area (Å²) in [5.74, 6) is 0.898. The molecule has 3 rings (SSSR count). The Morgan fingerprint density at radius 2 is 1.75 bits per heavy atom. The van der Waals surface area contributed by atoms with Crippen LogP contribution in [0.4, 0.5) is 5.69 Å². The minimum Gasteiger partial charge on any atom is -0.495 e. The molecule has 1 aliphatic rings. The first-order chi connectivity index (χ1) is 13.7. The molecule has 0 saturated carbocycles. The van der Waals surface area contributed by atoms with Gasteiger partial charge in [0.2, 0.25) is 0 Å². The van der Waals surface area contributed by atoms with E-state index in [1.165, 1.54) is 5.69 Å². The topological polar surface area (TPSA) is 44.8 Å². The number of hydrogen-bond donors (Lipinski definition) is 1. The molecular weight excluding hydrogens is 374 g/mol. The molecule has 1 amide bonds. The van der Waals surface area contributed by atoms with Gasteiger partial charge < -0.3 is 15.0 Å². The van der Waals surface area contributed by atoms with Crippen molar-refractivity contribution in [2.45, 2.75) is 12.8 Å². The summed E-state index contributed by atoms with van der Waals surface area (Å²) in [6.45, 7) is 5.88. The van der Waals surface area contributed by atoms with Gasteiger partial charge in [-0.1, -0.05) is 23.7 Å². The molecule has 0 atom stereocenters. The third-order valence-corrected chi connectivity index (χ3v) is 5.34. The maximum atomic E-state index is 12.1. The van der Waals surface area contributed by atoms with E-state index in [4.69, 9.17) is 16.3 Å². The normalized spacial score (nSPS) is 14.7. The number of amides is 1. The van der Waals surface area contributed by atoms with Gasteiger partial charge in [-0.05, 0) is 55.8 Å². The van der Waals surface area contributed by atoms with Crippen LogP contribution in [0, 0.1) is 0 Å². The smallest absolute Gasteiger partial charge is 0.251 e. The molecule has 1 fully saturated rings. The molecule has 1 N–H and O–H groups in total. The summed E-state index contributed by atoms with van der Waals surface area (Å²) >= 11 is 5.85. The Labute approximate surface area is 172 Å². The number of unbranched alkanes of at least 4 members (excludes halogenated alkanes) is 1. The number of anilines is 1. The molecular formula is C22H28ClN3O2. The molecule has 6 heteroatoms. The molecule has 1 aliphatic heterocycles. The largest absolute Gasteiger partial charge is 0.495 e. The fourth-order valence-electron chi connectivity index (χ4n) is 3.47. The Kier molecular flexibility index (Phi) is 7.57. The SMILES string of the molecule is COc1ccccc1N1CCN(CCCCNC(=O)c2ccc(Cl)cc2)CC1. The Balaban J connectivity index is 1.32. The first-order valence-corrected chi connectivity index (χ1v) is 10.2. The summed E-state index contributed by atoms with van der Waals surface area (Å²) in [4.78, 5) is 16.9. The molecule has 2 aromatic carbocycles. The van der Waals surface area contributed by atoms with Crippen molar-refractivity contribution in [3.63, 3.8) is 0 Å². The van der Waals surface area contributed by atoms with Gasteiger partial charge >= 0.3 is 0 Å². The molecule has 1 heterocycles. The molecule has 150 valence electrons. The van der Waals surface area contributed by atoms with E-state index < -0.39 is 0 Å². The van der Waals surface area contributed by atoms with Crippen LogP contribution in [0.25, 0.3) is 0 Å². The fourth-order valence-corrected chi connectivity index (χ4v) is 3.60. The average Bonchev–Trinajstić information content (AvgIpc) is 2.74. The number of rotatable bonds is 8. The highest BCUT2D eigenvalue weighted by molar-refractivity contribution is 6.30. The zero-order chi connectivity index (χ0) is 19.8. The molecule has 28 heavy (non-hydrogen) atoms. The molecule has 0 radical (unpaired) electrons. The van der Waals surface area contributed by atoms with Crippen LogP contribution >= 0.6 is 11.6 Å². The van der Waals surface area contributed by atoms with Crippen LogP contribution in [0.2, 0.25) is 5.02 Å². The first kappa shape index (κ1) is 20.5. The molecule has 0 aromatic heterocycles. The van der Waals surface area contributed by atoms with Crippen LogP contribution < -0.4 is 15.0 Å². The summed E-state index contributed by atoms with van der Waals surface area (Å²) in [5, 5.41) is 3.62. The highest BCUT2D eigenvalue weighted by Gasteiger charge is 2.19.